The lowest BCUT2D eigenvalue weighted by molar-refractivity contribution is 0.0911. The summed E-state index contributed by atoms with van der Waals surface area (Å²) in [5.41, 5.74) is -0.520. The number of amides is 1. The molecule has 0 saturated carbocycles. The van der Waals surface area contributed by atoms with Gasteiger partial charge in [-0.15, -0.1) is 21.5 Å². The molecule has 108 valence electrons. The van der Waals surface area contributed by atoms with Gasteiger partial charge in [-0.1, -0.05) is 18.3 Å². The molecule has 2 aromatic rings. The van der Waals surface area contributed by atoms with Gasteiger partial charge in [-0.2, -0.15) is 0 Å². The first-order chi connectivity index (χ1) is 9.53. The van der Waals surface area contributed by atoms with Crippen molar-refractivity contribution in [2.75, 3.05) is 11.9 Å². The van der Waals surface area contributed by atoms with Crippen LogP contribution < -0.4 is 10.6 Å². The molecule has 0 radical (unpaired) electrons. The van der Waals surface area contributed by atoms with Gasteiger partial charge >= 0.3 is 0 Å². The monoisotopic (exact) mass is 311 g/mol. The Morgan fingerprint density at radius 3 is 2.85 bits per heavy atom. The van der Waals surface area contributed by atoms with Gasteiger partial charge in [-0.05, 0) is 20.3 Å². The number of nitrogens with one attached hydrogen (secondary N) is 2. The summed E-state index contributed by atoms with van der Waals surface area (Å²) >= 11 is 2.77. The molecular formula is C12H17N5OS2. The van der Waals surface area contributed by atoms with Gasteiger partial charge in [-0.25, -0.2) is 4.98 Å². The van der Waals surface area contributed by atoms with Crippen molar-refractivity contribution in [3.05, 3.63) is 21.6 Å². The van der Waals surface area contributed by atoms with Crippen LogP contribution in [0.2, 0.25) is 0 Å². The number of rotatable bonds is 6. The number of aromatic nitrogens is 3. The van der Waals surface area contributed by atoms with E-state index in [1.807, 2.05) is 19.2 Å². The van der Waals surface area contributed by atoms with Crippen LogP contribution in [0.3, 0.4) is 0 Å². The standard InChI is InChI=1S/C12H17N5OS2/c1-4-5-14-11-17-16-9(20-11)8(18)15-12(2,3)10-13-6-7-19-10/h6-7H,4-5H2,1-3H3,(H,14,17)(H,15,18). The van der Waals surface area contributed by atoms with E-state index in [-0.39, 0.29) is 5.91 Å². The Balaban J connectivity index is 2.03. The van der Waals surface area contributed by atoms with Crippen LogP contribution in [0.5, 0.6) is 0 Å². The van der Waals surface area contributed by atoms with Crippen molar-refractivity contribution < 1.29 is 4.79 Å². The highest BCUT2D eigenvalue weighted by molar-refractivity contribution is 7.17. The van der Waals surface area contributed by atoms with Crippen LogP contribution in [0.25, 0.3) is 0 Å². The van der Waals surface area contributed by atoms with Crippen molar-refractivity contribution in [1.82, 2.24) is 20.5 Å². The molecule has 0 aromatic carbocycles. The van der Waals surface area contributed by atoms with Gasteiger partial charge in [-0.3, -0.25) is 4.79 Å². The minimum Gasteiger partial charge on any atom is -0.360 e. The van der Waals surface area contributed by atoms with Crippen LogP contribution in [0.15, 0.2) is 11.6 Å². The molecule has 0 fully saturated rings. The van der Waals surface area contributed by atoms with Gasteiger partial charge in [0.2, 0.25) is 10.1 Å². The third-order valence-corrected chi connectivity index (χ3v) is 4.51. The van der Waals surface area contributed by atoms with Gasteiger partial charge in [0.25, 0.3) is 5.91 Å². The van der Waals surface area contributed by atoms with E-state index < -0.39 is 5.54 Å². The molecule has 0 unspecified atom stereocenters. The molecule has 2 rings (SSSR count). The maximum absolute atomic E-state index is 12.2. The van der Waals surface area contributed by atoms with Crippen LogP contribution in [-0.2, 0) is 5.54 Å². The maximum Gasteiger partial charge on any atom is 0.283 e. The zero-order chi connectivity index (χ0) is 14.6. The summed E-state index contributed by atoms with van der Waals surface area (Å²) in [5, 5.41) is 17.7. The molecule has 0 bridgehead atoms. The number of carbonyl (C=O) groups excluding carboxylic acids is 1. The average Bonchev–Trinajstić information content (AvgIpc) is 3.07. The summed E-state index contributed by atoms with van der Waals surface area (Å²) in [7, 11) is 0. The average molecular weight is 311 g/mol. The summed E-state index contributed by atoms with van der Waals surface area (Å²) in [5.74, 6) is -0.229. The van der Waals surface area contributed by atoms with Gasteiger partial charge in [0.1, 0.15) is 5.01 Å². The summed E-state index contributed by atoms with van der Waals surface area (Å²) < 4.78 is 0. The number of nitrogens with zero attached hydrogens (tertiary/aromatic N) is 3. The van der Waals surface area contributed by atoms with Crippen LogP contribution in [0.1, 0.15) is 42.0 Å². The number of thiazole rings is 1. The molecule has 0 aliphatic rings. The number of hydrogen-bond acceptors (Lipinski definition) is 7. The summed E-state index contributed by atoms with van der Waals surface area (Å²) in [6.07, 6.45) is 2.73. The van der Waals surface area contributed by atoms with Crippen LogP contribution in [0.4, 0.5) is 5.13 Å². The van der Waals surface area contributed by atoms with E-state index >= 15 is 0 Å². The highest BCUT2D eigenvalue weighted by atomic mass is 32.1. The molecule has 2 heterocycles. The smallest absolute Gasteiger partial charge is 0.283 e. The molecule has 6 nitrogen and oxygen atoms in total. The second-order valence-corrected chi connectivity index (χ2v) is 6.63. The molecule has 0 spiro atoms. The van der Waals surface area contributed by atoms with Crippen molar-refractivity contribution in [1.29, 1.82) is 0 Å². The quantitative estimate of drug-likeness (QED) is 0.856. The van der Waals surface area contributed by atoms with E-state index in [2.05, 4.69) is 32.7 Å². The van der Waals surface area contributed by atoms with Crippen molar-refractivity contribution >= 4 is 33.7 Å². The molecule has 20 heavy (non-hydrogen) atoms. The maximum atomic E-state index is 12.2. The number of anilines is 1. The lowest BCUT2D eigenvalue weighted by Crippen LogP contribution is -2.40. The Bertz CT molecular complexity index is 564. The highest BCUT2D eigenvalue weighted by Gasteiger charge is 2.27. The van der Waals surface area contributed by atoms with E-state index in [4.69, 9.17) is 0 Å². The molecule has 2 N–H and O–H groups in total. The highest BCUT2D eigenvalue weighted by Crippen LogP contribution is 2.23. The van der Waals surface area contributed by atoms with Gasteiger partial charge in [0.15, 0.2) is 0 Å². The zero-order valence-electron chi connectivity index (χ0n) is 11.6. The molecule has 0 aliphatic heterocycles. The predicted octanol–water partition coefficient (Wildman–Crippen LogP) is 2.48. The fourth-order valence-corrected chi connectivity index (χ4v) is 2.92. The van der Waals surface area contributed by atoms with Crippen molar-refractivity contribution in [2.45, 2.75) is 32.7 Å². The molecule has 1 amide bonds. The van der Waals surface area contributed by atoms with Crippen molar-refractivity contribution in [3.8, 4) is 0 Å². The first-order valence-electron chi connectivity index (χ1n) is 6.33. The molecular weight excluding hydrogens is 294 g/mol. The normalized spacial score (nSPS) is 11.3. The topological polar surface area (TPSA) is 79.8 Å². The van der Waals surface area contributed by atoms with Crippen LogP contribution >= 0.6 is 22.7 Å². The zero-order valence-corrected chi connectivity index (χ0v) is 13.3. The SMILES string of the molecule is CCCNc1nnc(C(=O)NC(C)(C)c2nccs2)s1. The predicted molar refractivity (Wildman–Crippen MR) is 81.3 cm³/mol. The molecule has 0 saturated heterocycles. The number of carbonyl (C=O) groups is 1. The Morgan fingerprint density at radius 1 is 1.40 bits per heavy atom. The Labute approximate surface area is 125 Å². The Morgan fingerprint density at radius 2 is 2.20 bits per heavy atom. The third kappa shape index (κ3) is 3.51. The first kappa shape index (κ1) is 14.9. The van der Waals surface area contributed by atoms with Gasteiger partial charge in [0, 0.05) is 18.1 Å². The fourth-order valence-electron chi connectivity index (χ4n) is 1.54. The molecule has 0 atom stereocenters. The van der Waals surface area contributed by atoms with E-state index in [9.17, 15) is 4.79 Å². The van der Waals surface area contributed by atoms with Gasteiger partial charge < -0.3 is 10.6 Å². The van der Waals surface area contributed by atoms with E-state index in [0.717, 1.165) is 18.0 Å². The van der Waals surface area contributed by atoms with Crippen LogP contribution in [0, 0.1) is 0 Å². The Kier molecular flexibility index (Phi) is 4.66. The molecule has 0 aliphatic carbocycles. The number of hydrogen-bond donors (Lipinski definition) is 2. The fraction of sp³-hybridized carbons (Fsp3) is 0.500. The molecule has 2 aromatic heterocycles. The Hall–Kier alpha value is -1.54. The largest absolute Gasteiger partial charge is 0.360 e. The van der Waals surface area contributed by atoms with E-state index in [1.165, 1.54) is 22.7 Å². The lowest BCUT2D eigenvalue weighted by Gasteiger charge is -2.22. The summed E-state index contributed by atoms with van der Waals surface area (Å²) in [6.45, 7) is 6.72. The van der Waals surface area contributed by atoms with Crippen molar-refractivity contribution in [2.24, 2.45) is 0 Å². The summed E-state index contributed by atoms with van der Waals surface area (Å²) in [6, 6.07) is 0. The summed E-state index contributed by atoms with van der Waals surface area (Å²) in [4.78, 5) is 16.4. The van der Waals surface area contributed by atoms with E-state index in [0.29, 0.717) is 10.1 Å². The van der Waals surface area contributed by atoms with E-state index in [1.54, 1.807) is 6.20 Å². The minimum atomic E-state index is -0.520. The van der Waals surface area contributed by atoms with Crippen molar-refractivity contribution in [3.63, 3.8) is 0 Å². The molecule has 8 heteroatoms. The second-order valence-electron chi connectivity index (χ2n) is 4.76. The first-order valence-corrected chi connectivity index (χ1v) is 8.02. The third-order valence-electron chi connectivity index (χ3n) is 2.54. The lowest BCUT2D eigenvalue weighted by atomic mass is 10.1. The van der Waals surface area contributed by atoms with Gasteiger partial charge in [0.05, 0.1) is 5.54 Å². The van der Waals surface area contributed by atoms with Crippen LogP contribution in [-0.4, -0.2) is 27.6 Å². The minimum absolute atomic E-state index is 0.229. The second kappa shape index (κ2) is 6.27.